The molecule has 0 saturated carbocycles. The molecule has 6 nitrogen and oxygen atoms in total. The third kappa shape index (κ3) is 2.93. The Hall–Kier alpha value is -3.28. The van der Waals surface area contributed by atoms with Gasteiger partial charge in [-0.25, -0.2) is 4.98 Å². The molecule has 2 aromatic heterocycles. The summed E-state index contributed by atoms with van der Waals surface area (Å²) < 4.78 is 5.91. The summed E-state index contributed by atoms with van der Waals surface area (Å²) in [6.45, 7) is 1.39. The zero-order valence-electron chi connectivity index (χ0n) is 14.7. The van der Waals surface area contributed by atoms with Crippen LogP contribution in [0.1, 0.15) is 35.0 Å². The van der Waals surface area contributed by atoms with Crippen molar-refractivity contribution in [3.05, 3.63) is 66.3 Å². The second kappa shape index (κ2) is 6.46. The number of nitrogens with zero attached hydrogens (tertiary/aromatic N) is 4. The van der Waals surface area contributed by atoms with E-state index in [-0.39, 0.29) is 11.8 Å². The number of carbonyl (C=O) groups excluding carboxylic acids is 1. The molecule has 1 aliphatic rings. The Bertz CT molecular complexity index is 1100. The normalized spacial score (nSPS) is 15.5. The highest BCUT2D eigenvalue weighted by Crippen LogP contribution is 2.30. The van der Waals surface area contributed by atoms with Crippen molar-refractivity contribution in [2.75, 3.05) is 13.1 Å². The van der Waals surface area contributed by atoms with Gasteiger partial charge in [0, 0.05) is 37.0 Å². The van der Waals surface area contributed by atoms with Crippen LogP contribution in [-0.2, 0) is 0 Å². The first-order chi connectivity index (χ1) is 13.3. The quantitative estimate of drug-likeness (QED) is 0.545. The molecule has 2 aromatic carbocycles. The number of hydrogen-bond acceptors (Lipinski definition) is 5. The number of oxazole rings is 1. The summed E-state index contributed by atoms with van der Waals surface area (Å²) in [7, 11) is 0. The van der Waals surface area contributed by atoms with E-state index in [0.29, 0.717) is 18.7 Å². The van der Waals surface area contributed by atoms with Gasteiger partial charge in [0.15, 0.2) is 11.5 Å². The van der Waals surface area contributed by atoms with Crippen molar-refractivity contribution in [2.45, 2.75) is 18.8 Å². The van der Waals surface area contributed by atoms with Crippen molar-refractivity contribution in [2.24, 2.45) is 0 Å². The van der Waals surface area contributed by atoms with Gasteiger partial charge in [0.1, 0.15) is 5.52 Å². The van der Waals surface area contributed by atoms with Gasteiger partial charge in [-0.2, -0.15) is 0 Å². The van der Waals surface area contributed by atoms with Crippen molar-refractivity contribution in [1.29, 1.82) is 0 Å². The van der Waals surface area contributed by atoms with Crippen molar-refractivity contribution < 1.29 is 9.21 Å². The third-order valence-corrected chi connectivity index (χ3v) is 5.16. The standard InChI is InChI=1S/C21H18N4O2/c26-21(15-5-6-16-18(13-15)23-10-9-22-16)25-11-7-14(8-12-25)20-24-17-3-1-2-4-19(17)27-20/h1-6,9-10,13-14H,7-8,11-12H2. The van der Waals surface area contributed by atoms with Crippen LogP contribution in [0, 0.1) is 0 Å². The van der Waals surface area contributed by atoms with E-state index in [4.69, 9.17) is 4.42 Å². The van der Waals surface area contributed by atoms with Crippen molar-refractivity contribution >= 4 is 28.0 Å². The van der Waals surface area contributed by atoms with E-state index in [9.17, 15) is 4.79 Å². The lowest BCUT2D eigenvalue weighted by Gasteiger charge is -2.30. The smallest absolute Gasteiger partial charge is 0.253 e. The van der Waals surface area contributed by atoms with Gasteiger partial charge in [-0.15, -0.1) is 0 Å². The maximum atomic E-state index is 12.9. The van der Waals surface area contributed by atoms with E-state index in [1.54, 1.807) is 12.4 Å². The minimum Gasteiger partial charge on any atom is -0.440 e. The van der Waals surface area contributed by atoms with Crippen LogP contribution in [0.15, 0.2) is 59.3 Å². The third-order valence-electron chi connectivity index (χ3n) is 5.16. The lowest BCUT2D eigenvalue weighted by Crippen LogP contribution is -2.38. The zero-order chi connectivity index (χ0) is 18.2. The fraction of sp³-hybridized carbons (Fsp3) is 0.238. The molecule has 0 radical (unpaired) electrons. The van der Waals surface area contributed by atoms with E-state index in [1.165, 1.54) is 0 Å². The molecule has 1 saturated heterocycles. The van der Waals surface area contributed by atoms with E-state index in [0.717, 1.165) is 40.9 Å². The Kier molecular flexibility index (Phi) is 3.81. The first-order valence-corrected chi connectivity index (χ1v) is 9.13. The highest BCUT2D eigenvalue weighted by molar-refractivity contribution is 5.97. The lowest BCUT2D eigenvalue weighted by atomic mass is 9.96. The summed E-state index contributed by atoms with van der Waals surface area (Å²) in [6.07, 6.45) is 5.00. The van der Waals surface area contributed by atoms with Crippen LogP contribution in [0.2, 0.25) is 0 Å². The van der Waals surface area contributed by atoms with Crippen LogP contribution in [0.25, 0.3) is 22.1 Å². The number of rotatable bonds is 2. The molecular weight excluding hydrogens is 340 g/mol. The molecule has 1 amide bonds. The highest BCUT2D eigenvalue weighted by atomic mass is 16.3. The molecule has 0 unspecified atom stereocenters. The predicted octanol–water partition coefficient (Wildman–Crippen LogP) is 3.79. The summed E-state index contributed by atoms with van der Waals surface area (Å²) in [4.78, 5) is 27.9. The van der Waals surface area contributed by atoms with Crippen LogP contribution >= 0.6 is 0 Å². The van der Waals surface area contributed by atoms with Crippen molar-refractivity contribution in [3.8, 4) is 0 Å². The maximum Gasteiger partial charge on any atom is 0.253 e. The van der Waals surface area contributed by atoms with Gasteiger partial charge < -0.3 is 9.32 Å². The molecule has 4 aromatic rings. The number of carbonyl (C=O) groups is 1. The molecule has 6 heteroatoms. The lowest BCUT2D eigenvalue weighted by molar-refractivity contribution is 0.0707. The summed E-state index contributed by atoms with van der Waals surface area (Å²) in [5.41, 5.74) is 3.91. The summed E-state index contributed by atoms with van der Waals surface area (Å²) >= 11 is 0. The largest absolute Gasteiger partial charge is 0.440 e. The predicted molar refractivity (Wildman–Crippen MR) is 101 cm³/mol. The average molecular weight is 358 g/mol. The van der Waals surface area contributed by atoms with Crippen LogP contribution in [-0.4, -0.2) is 38.8 Å². The molecule has 3 heterocycles. The van der Waals surface area contributed by atoms with Gasteiger partial charge in [-0.3, -0.25) is 14.8 Å². The Morgan fingerprint density at radius 2 is 1.74 bits per heavy atom. The number of benzene rings is 2. The van der Waals surface area contributed by atoms with Gasteiger partial charge in [-0.1, -0.05) is 12.1 Å². The van der Waals surface area contributed by atoms with Crippen LogP contribution in [0.3, 0.4) is 0 Å². The molecule has 0 spiro atoms. The van der Waals surface area contributed by atoms with Crippen LogP contribution in [0.4, 0.5) is 0 Å². The van der Waals surface area contributed by atoms with E-state index < -0.39 is 0 Å². The number of hydrogen-bond donors (Lipinski definition) is 0. The molecule has 1 fully saturated rings. The van der Waals surface area contributed by atoms with Crippen LogP contribution < -0.4 is 0 Å². The van der Waals surface area contributed by atoms with E-state index in [1.807, 2.05) is 47.4 Å². The average Bonchev–Trinajstić information content (AvgIpc) is 3.17. The summed E-state index contributed by atoms with van der Waals surface area (Å²) in [6, 6.07) is 13.3. The molecular formula is C21H18N4O2. The number of piperidine rings is 1. The highest BCUT2D eigenvalue weighted by Gasteiger charge is 2.27. The first kappa shape index (κ1) is 15.9. The fourth-order valence-electron chi connectivity index (χ4n) is 3.67. The molecule has 27 heavy (non-hydrogen) atoms. The van der Waals surface area contributed by atoms with Gasteiger partial charge in [0.05, 0.1) is 11.0 Å². The number of para-hydroxylation sites is 2. The number of aromatic nitrogens is 3. The molecule has 0 bridgehead atoms. The molecule has 0 N–H and O–H groups in total. The zero-order valence-corrected chi connectivity index (χ0v) is 14.7. The maximum absolute atomic E-state index is 12.9. The molecule has 0 aliphatic carbocycles. The van der Waals surface area contributed by atoms with Gasteiger partial charge in [0.25, 0.3) is 5.91 Å². The van der Waals surface area contributed by atoms with Crippen LogP contribution in [0.5, 0.6) is 0 Å². The second-order valence-electron chi connectivity index (χ2n) is 6.85. The van der Waals surface area contributed by atoms with Gasteiger partial charge in [0.2, 0.25) is 0 Å². The van der Waals surface area contributed by atoms with Gasteiger partial charge >= 0.3 is 0 Å². The molecule has 0 atom stereocenters. The minimum atomic E-state index is 0.0403. The Labute approximate surface area is 155 Å². The number of fused-ring (bicyclic) bond motifs is 2. The molecule has 1 aliphatic heterocycles. The monoisotopic (exact) mass is 358 g/mol. The Morgan fingerprint density at radius 3 is 2.56 bits per heavy atom. The SMILES string of the molecule is O=C(c1ccc2nccnc2c1)N1CCC(c2nc3ccccc3o2)CC1. The Morgan fingerprint density at radius 1 is 0.963 bits per heavy atom. The van der Waals surface area contributed by atoms with E-state index in [2.05, 4.69) is 15.0 Å². The fourth-order valence-corrected chi connectivity index (χ4v) is 3.67. The summed E-state index contributed by atoms with van der Waals surface area (Å²) in [5, 5.41) is 0. The van der Waals surface area contributed by atoms with Crippen molar-refractivity contribution in [1.82, 2.24) is 19.9 Å². The second-order valence-corrected chi connectivity index (χ2v) is 6.85. The van der Waals surface area contributed by atoms with Gasteiger partial charge in [-0.05, 0) is 43.2 Å². The minimum absolute atomic E-state index is 0.0403. The summed E-state index contributed by atoms with van der Waals surface area (Å²) in [5.74, 6) is 1.08. The van der Waals surface area contributed by atoms with E-state index >= 15 is 0 Å². The topological polar surface area (TPSA) is 72.1 Å². The van der Waals surface area contributed by atoms with Crippen molar-refractivity contribution in [3.63, 3.8) is 0 Å². The molecule has 5 rings (SSSR count). The Balaban J connectivity index is 1.31. The number of amides is 1. The first-order valence-electron chi connectivity index (χ1n) is 9.13. The molecule has 134 valence electrons. The number of likely N-dealkylation sites (tertiary alicyclic amines) is 1.